The zero-order valence-electron chi connectivity index (χ0n) is 17.3. The molecule has 7 heteroatoms. The van der Waals surface area contributed by atoms with E-state index >= 15 is 0 Å². The monoisotopic (exact) mass is 490 g/mol. The van der Waals surface area contributed by atoms with Crippen molar-refractivity contribution in [3.8, 4) is 0 Å². The molecule has 2 atom stereocenters. The first-order chi connectivity index (χ1) is 12.4. The molecule has 1 aromatic rings. The summed E-state index contributed by atoms with van der Waals surface area (Å²) in [5, 5.41) is 6.97. The molecule has 0 aliphatic heterocycles. The highest BCUT2D eigenvalue weighted by molar-refractivity contribution is 14.0. The molecular formula is C20H35IN4O2. The first kappa shape index (κ1) is 22.5. The number of aromatic nitrogens is 1. The van der Waals surface area contributed by atoms with E-state index in [0.717, 1.165) is 24.7 Å². The predicted octanol–water partition coefficient (Wildman–Crippen LogP) is 3.99. The van der Waals surface area contributed by atoms with Crippen LogP contribution in [0.25, 0.3) is 0 Å². The van der Waals surface area contributed by atoms with Crippen LogP contribution in [0.2, 0.25) is 0 Å². The molecule has 0 bridgehead atoms. The molecule has 2 fully saturated rings. The van der Waals surface area contributed by atoms with E-state index in [0.29, 0.717) is 24.6 Å². The van der Waals surface area contributed by atoms with Crippen molar-refractivity contribution in [2.75, 3.05) is 13.7 Å². The summed E-state index contributed by atoms with van der Waals surface area (Å²) >= 11 is 0. The molecule has 6 nitrogen and oxygen atoms in total. The fraction of sp³-hybridized carbons (Fsp3) is 0.800. The van der Waals surface area contributed by atoms with Gasteiger partial charge in [0.1, 0.15) is 5.76 Å². The molecule has 154 valence electrons. The van der Waals surface area contributed by atoms with Crippen LogP contribution in [0.3, 0.4) is 0 Å². The van der Waals surface area contributed by atoms with Crippen LogP contribution in [0.15, 0.2) is 15.6 Å². The molecule has 2 aliphatic rings. The Hall–Kier alpha value is -0.830. The van der Waals surface area contributed by atoms with Gasteiger partial charge < -0.3 is 19.8 Å². The molecule has 0 saturated heterocycles. The average Bonchev–Trinajstić information content (AvgIpc) is 3.27. The summed E-state index contributed by atoms with van der Waals surface area (Å²) in [5.74, 6) is 2.40. The summed E-state index contributed by atoms with van der Waals surface area (Å²) in [6, 6.07) is 0.433. The molecule has 0 aromatic carbocycles. The van der Waals surface area contributed by atoms with Gasteiger partial charge in [-0.2, -0.15) is 0 Å². The molecule has 2 saturated carbocycles. The minimum atomic E-state index is -0.0275. The van der Waals surface area contributed by atoms with Gasteiger partial charge in [0.15, 0.2) is 5.96 Å². The second-order valence-electron chi connectivity index (χ2n) is 8.61. The van der Waals surface area contributed by atoms with Gasteiger partial charge in [-0.3, -0.25) is 4.99 Å². The minimum Gasteiger partial charge on any atom is -0.443 e. The highest BCUT2D eigenvalue weighted by Gasteiger charge is 2.56. The number of rotatable bonds is 5. The van der Waals surface area contributed by atoms with E-state index in [1.54, 1.807) is 0 Å². The molecule has 1 aromatic heterocycles. The van der Waals surface area contributed by atoms with E-state index in [4.69, 9.17) is 9.15 Å². The second kappa shape index (κ2) is 9.11. The van der Waals surface area contributed by atoms with Gasteiger partial charge in [0, 0.05) is 30.5 Å². The van der Waals surface area contributed by atoms with Gasteiger partial charge in [-0.05, 0) is 26.2 Å². The number of oxazole rings is 1. The predicted molar refractivity (Wildman–Crippen MR) is 119 cm³/mol. The van der Waals surface area contributed by atoms with Crippen molar-refractivity contribution in [1.82, 2.24) is 15.6 Å². The smallest absolute Gasteiger partial charge is 0.213 e. The molecule has 0 radical (unpaired) electrons. The third-order valence-corrected chi connectivity index (χ3v) is 5.92. The van der Waals surface area contributed by atoms with Crippen molar-refractivity contribution in [2.24, 2.45) is 10.4 Å². The Kier molecular flexibility index (Phi) is 7.58. The van der Waals surface area contributed by atoms with Crippen LogP contribution in [-0.2, 0) is 16.7 Å². The topological polar surface area (TPSA) is 71.7 Å². The summed E-state index contributed by atoms with van der Waals surface area (Å²) in [4.78, 5) is 8.77. The van der Waals surface area contributed by atoms with E-state index in [9.17, 15) is 0 Å². The van der Waals surface area contributed by atoms with Gasteiger partial charge in [0.2, 0.25) is 5.89 Å². The van der Waals surface area contributed by atoms with Crippen molar-refractivity contribution >= 4 is 29.9 Å². The van der Waals surface area contributed by atoms with E-state index < -0.39 is 0 Å². The molecule has 2 aliphatic carbocycles. The fourth-order valence-corrected chi connectivity index (χ4v) is 4.35. The number of ether oxygens (including phenoxy) is 1. The van der Waals surface area contributed by atoms with Gasteiger partial charge >= 0.3 is 0 Å². The van der Waals surface area contributed by atoms with E-state index in [-0.39, 0.29) is 34.8 Å². The van der Waals surface area contributed by atoms with Crippen molar-refractivity contribution < 1.29 is 9.15 Å². The van der Waals surface area contributed by atoms with Gasteiger partial charge in [-0.15, -0.1) is 24.0 Å². The van der Waals surface area contributed by atoms with E-state index in [2.05, 4.69) is 48.3 Å². The lowest BCUT2D eigenvalue weighted by Gasteiger charge is -2.54. The van der Waals surface area contributed by atoms with Crippen LogP contribution >= 0.6 is 24.0 Å². The summed E-state index contributed by atoms with van der Waals surface area (Å²) in [6.07, 6.45) is 8.38. The number of aliphatic imine (C=N–C) groups is 1. The van der Waals surface area contributed by atoms with E-state index in [1.807, 2.05) is 13.2 Å². The van der Waals surface area contributed by atoms with Crippen LogP contribution < -0.4 is 10.6 Å². The quantitative estimate of drug-likeness (QED) is 0.371. The normalized spacial score (nSPS) is 24.4. The molecule has 2 unspecified atom stereocenters. The SMILES string of the molecule is CCOC1CC(NC(=NC)NCc2ncc(C(C)(C)C)o2)C12CCCC2.I. The Balaban J connectivity index is 0.00000261. The van der Waals surface area contributed by atoms with Gasteiger partial charge in [0.05, 0.1) is 18.8 Å². The minimum absolute atomic E-state index is 0. The summed E-state index contributed by atoms with van der Waals surface area (Å²) in [6.45, 7) is 9.79. The first-order valence-corrected chi connectivity index (χ1v) is 9.93. The van der Waals surface area contributed by atoms with Crippen LogP contribution in [0.4, 0.5) is 0 Å². The molecule has 1 heterocycles. The van der Waals surface area contributed by atoms with E-state index in [1.165, 1.54) is 25.7 Å². The second-order valence-corrected chi connectivity index (χ2v) is 8.61. The molecule has 1 spiro atoms. The van der Waals surface area contributed by atoms with Crippen molar-refractivity contribution in [1.29, 1.82) is 0 Å². The number of hydrogen-bond donors (Lipinski definition) is 2. The van der Waals surface area contributed by atoms with Crippen LogP contribution in [0.1, 0.15) is 71.5 Å². The Morgan fingerprint density at radius 2 is 2.07 bits per heavy atom. The van der Waals surface area contributed by atoms with Crippen LogP contribution in [0, 0.1) is 5.41 Å². The Morgan fingerprint density at radius 1 is 1.37 bits per heavy atom. The fourth-order valence-electron chi connectivity index (χ4n) is 4.35. The van der Waals surface area contributed by atoms with Gasteiger partial charge in [-0.25, -0.2) is 4.98 Å². The third-order valence-electron chi connectivity index (χ3n) is 5.92. The summed E-state index contributed by atoms with van der Waals surface area (Å²) in [7, 11) is 1.81. The number of guanidine groups is 1. The highest BCUT2D eigenvalue weighted by Crippen LogP contribution is 2.54. The molecule has 3 rings (SSSR count). The number of hydrogen-bond acceptors (Lipinski definition) is 4. The number of halogens is 1. The Labute approximate surface area is 180 Å². The van der Waals surface area contributed by atoms with Crippen molar-refractivity contribution in [3.05, 3.63) is 17.8 Å². The van der Waals surface area contributed by atoms with Crippen molar-refractivity contribution in [3.63, 3.8) is 0 Å². The maximum atomic E-state index is 6.00. The largest absolute Gasteiger partial charge is 0.443 e. The number of nitrogens with one attached hydrogen (secondary N) is 2. The van der Waals surface area contributed by atoms with Crippen LogP contribution in [0.5, 0.6) is 0 Å². The first-order valence-electron chi connectivity index (χ1n) is 9.93. The molecular weight excluding hydrogens is 455 g/mol. The van der Waals surface area contributed by atoms with Crippen molar-refractivity contribution in [2.45, 2.75) is 83.9 Å². The maximum absolute atomic E-state index is 6.00. The zero-order chi connectivity index (χ0) is 18.8. The molecule has 27 heavy (non-hydrogen) atoms. The summed E-state index contributed by atoms with van der Waals surface area (Å²) < 4.78 is 11.9. The van der Waals surface area contributed by atoms with Gasteiger partial charge in [0.25, 0.3) is 0 Å². The Morgan fingerprint density at radius 3 is 2.63 bits per heavy atom. The zero-order valence-corrected chi connectivity index (χ0v) is 19.6. The number of nitrogens with zero attached hydrogens (tertiary/aromatic N) is 2. The average molecular weight is 490 g/mol. The highest BCUT2D eigenvalue weighted by atomic mass is 127. The third kappa shape index (κ3) is 4.78. The molecule has 2 N–H and O–H groups in total. The lowest BCUT2D eigenvalue weighted by atomic mass is 9.60. The standard InChI is InChI=1S/C20H34N4O2.HI/c1-6-25-15-11-14(20(15)9-7-8-10-20)24-18(21-5)23-13-17-22-12-16(26-17)19(2,3)4;/h12,14-15H,6-11,13H2,1-5H3,(H2,21,23,24);1H. The summed E-state index contributed by atoms with van der Waals surface area (Å²) in [5.41, 5.74) is 0.260. The van der Waals surface area contributed by atoms with Gasteiger partial charge in [-0.1, -0.05) is 33.6 Å². The molecule has 0 amide bonds. The van der Waals surface area contributed by atoms with Crippen LogP contribution in [-0.4, -0.2) is 36.7 Å². The Bertz CT molecular complexity index is 632. The lowest BCUT2D eigenvalue weighted by Crippen LogP contribution is -2.65. The maximum Gasteiger partial charge on any atom is 0.213 e. The lowest BCUT2D eigenvalue weighted by molar-refractivity contribution is -0.125.